The van der Waals surface area contributed by atoms with E-state index in [-0.39, 0.29) is 0 Å². The first-order chi connectivity index (χ1) is 36.1. The van der Waals surface area contributed by atoms with Gasteiger partial charge in [0.1, 0.15) is 6.07 Å². The van der Waals surface area contributed by atoms with E-state index in [2.05, 4.69) is 255 Å². The van der Waals surface area contributed by atoms with Gasteiger partial charge in [0.15, 0.2) is 0 Å². The molecule has 0 bridgehead atoms. The molecule has 0 fully saturated rings. The Morgan fingerprint density at radius 3 is 0.986 bits per heavy atom. The van der Waals surface area contributed by atoms with E-state index in [0.29, 0.717) is 22.6 Å². The Balaban J connectivity index is 1.07. The van der Waals surface area contributed by atoms with Gasteiger partial charge in [0.2, 0.25) is 5.69 Å². The summed E-state index contributed by atoms with van der Waals surface area (Å²) in [6.07, 6.45) is 0. The average molecular weight is 928 g/mol. The van der Waals surface area contributed by atoms with Gasteiger partial charge in [-0.3, -0.25) is 0 Å². The van der Waals surface area contributed by atoms with Gasteiger partial charge in [-0.1, -0.05) is 194 Å². The van der Waals surface area contributed by atoms with Crippen LogP contribution in [0.3, 0.4) is 0 Å². The van der Waals surface area contributed by atoms with E-state index in [1.54, 1.807) is 0 Å². The Kier molecular flexibility index (Phi) is 9.58. The fourth-order valence-electron chi connectivity index (χ4n) is 11.4. The summed E-state index contributed by atoms with van der Waals surface area (Å²) in [5.41, 5.74) is 17.8. The minimum Gasteiger partial charge on any atom is -0.317 e. The summed E-state index contributed by atoms with van der Waals surface area (Å²) in [4.78, 5) is 4.35. The molecule has 0 atom stereocenters. The lowest BCUT2D eigenvalue weighted by Gasteiger charge is -2.24. The monoisotopic (exact) mass is 927 g/mol. The molecule has 0 unspecified atom stereocenters. The topological polar surface area (TPSA) is 42.9 Å². The van der Waals surface area contributed by atoms with Gasteiger partial charge in [0.25, 0.3) is 0 Å². The summed E-state index contributed by atoms with van der Waals surface area (Å²) in [7, 11) is 0. The fraction of sp³-hybridized carbons (Fsp3) is 0. The van der Waals surface area contributed by atoms with Crippen LogP contribution < -0.4 is 0 Å². The van der Waals surface area contributed by atoms with Crippen molar-refractivity contribution in [2.45, 2.75) is 0 Å². The molecule has 0 aliphatic carbocycles. The van der Waals surface area contributed by atoms with Crippen LogP contribution in [0.15, 0.2) is 249 Å². The van der Waals surface area contributed by atoms with Crippen LogP contribution in [0, 0.1) is 17.9 Å². The van der Waals surface area contributed by atoms with E-state index in [4.69, 9.17) is 6.57 Å². The maximum atomic E-state index is 11.5. The number of para-hydroxylation sites is 4. The van der Waals surface area contributed by atoms with Crippen molar-refractivity contribution in [3.05, 3.63) is 266 Å². The highest BCUT2D eigenvalue weighted by Crippen LogP contribution is 2.48. The molecule has 0 spiro atoms. The van der Waals surface area contributed by atoms with Crippen LogP contribution in [0.1, 0.15) is 5.56 Å². The van der Waals surface area contributed by atoms with Gasteiger partial charge in [-0.15, -0.1) is 0 Å². The second kappa shape index (κ2) is 16.7. The Morgan fingerprint density at radius 1 is 0.288 bits per heavy atom. The lowest BCUT2D eigenvalue weighted by Crippen LogP contribution is -2.11. The van der Waals surface area contributed by atoms with Gasteiger partial charge in [-0.05, 0) is 99.1 Å². The van der Waals surface area contributed by atoms with Crippen LogP contribution >= 0.6 is 0 Å². The van der Waals surface area contributed by atoms with Crippen molar-refractivity contribution in [1.29, 1.82) is 5.26 Å². The summed E-state index contributed by atoms with van der Waals surface area (Å²) >= 11 is 0. The largest absolute Gasteiger partial charge is 0.317 e. The standard InChI is InChI=1S/C68H41N5/c1-70-59-42-52(43-69)66(71-62-26-14-10-22-55(62)57-40-50(36-38-64(57)71)48-32-28-46(29-33-48)44-16-4-2-5-17-44)68(73-60-24-12-8-20-53(60)54-21-9-13-25-61(54)73)67(59)72-63-27-15-11-23-56(63)58-41-51(37-39-65(58)72)49-34-30-47(31-35-49)45-18-6-3-7-19-45/h2-42H. The predicted octanol–water partition coefficient (Wildman–Crippen LogP) is 18.1. The van der Waals surface area contributed by atoms with E-state index in [9.17, 15) is 5.26 Å². The molecule has 5 heteroatoms. The fourth-order valence-corrected chi connectivity index (χ4v) is 11.4. The number of hydrogen-bond acceptors (Lipinski definition) is 1. The minimum absolute atomic E-state index is 0.377. The molecule has 5 nitrogen and oxygen atoms in total. The van der Waals surface area contributed by atoms with Crippen LogP contribution in [0.4, 0.5) is 5.69 Å². The zero-order valence-electron chi connectivity index (χ0n) is 39.4. The van der Waals surface area contributed by atoms with Crippen LogP contribution in [0.25, 0.3) is 132 Å². The molecular weight excluding hydrogens is 887 g/mol. The molecule has 0 radical (unpaired) electrons. The SMILES string of the molecule is [C-]#[N+]c1cc(C#N)c(-n2c3ccccc3c3cc(-c4ccc(-c5ccccc5)cc4)ccc32)c(-n2c3ccccc3c3ccccc32)c1-n1c2ccccc2c2cc(-c3ccc(-c4ccccc4)cc3)ccc21. The predicted molar refractivity (Wildman–Crippen MR) is 302 cm³/mol. The van der Waals surface area contributed by atoms with E-state index in [1.165, 1.54) is 22.3 Å². The van der Waals surface area contributed by atoms with Crippen LogP contribution in [-0.4, -0.2) is 13.7 Å². The number of rotatable bonds is 7. The molecule has 0 saturated carbocycles. The first kappa shape index (κ1) is 41.7. The quantitative estimate of drug-likeness (QED) is 0.147. The second-order valence-corrected chi connectivity index (χ2v) is 18.6. The van der Waals surface area contributed by atoms with Crippen molar-refractivity contribution in [3.8, 4) is 67.6 Å². The summed E-state index contributed by atoms with van der Waals surface area (Å²) in [5.74, 6) is 0. The summed E-state index contributed by atoms with van der Waals surface area (Å²) in [5, 5.41) is 18.0. The van der Waals surface area contributed by atoms with Crippen molar-refractivity contribution in [1.82, 2.24) is 13.7 Å². The van der Waals surface area contributed by atoms with Gasteiger partial charge >= 0.3 is 0 Å². The Labute approximate surface area is 421 Å². The maximum absolute atomic E-state index is 11.5. The zero-order valence-corrected chi connectivity index (χ0v) is 39.4. The van der Waals surface area contributed by atoms with E-state index in [0.717, 1.165) is 93.4 Å². The summed E-state index contributed by atoms with van der Waals surface area (Å²) in [6, 6.07) is 90.2. The van der Waals surface area contributed by atoms with Gasteiger partial charge in [-0.2, -0.15) is 5.26 Å². The maximum Gasteiger partial charge on any atom is 0.214 e. The molecule has 0 saturated heterocycles. The molecule has 14 aromatic rings. The number of benzene rings is 11. The lowest BCUT2D eigenvalue weighted by atomic mass is 9.99. The summed E-state index contributed by atoms with van der Waals surface area (Å²) in [6.45, 7) is 9.01. The van der Waals surface area contributed by atoms with Gasteiger partial charge < -0.3 is 13.7 Å². The normalized spacial score (nSPS) is 11.5. The zero-order chi connectivity index (χ0) is 48.6. The molecule has 338 valence electrons. The van der Waals surface area contributed by atoms with Crippen molar-refractivity contribution >= 4 is 71.1 Å². The van der Waals surface area contributed by atoms with E-state index < -0.39 is 0 Å². The molecule has 3 heterocycles. The first-order valence-electron chi connectivity index (χ1n) is 24.5. The number of aromatic nitrogens is 3. The number of nitriles is 1. The molecule has 0 aliphatic rings. The molecule has 3 aromatic heterocycles. The highest BCUT2D eigenvalue weighted by atomic mass is 15.1. The Bertz CT molecular complexity index is 4310. The minimum atomic E-state index is 0.377. The smallest absolute Gasteiger partial charge is 0.214 e. The van der Waals surface area contributed by atoms with Gasteiger partial charge in [0.05, 0.1) is 62.3 Å². The number of hydrogen-bond donors (Lipinski definition) is 0. The third-order valence-corrected chi connectivity index (χ3v) is 14.7. The molecule has 14 rings (SSSR count). The van der Waals surface area contributed by atoms with Gasteiger partial charge in [-0.25, -0.2) is 4.85 Å². The summed E-state index contributed by atoms with van der Waals surface area (Å²) < 4.78 is 6.85. The third kappa shape index (κ3) is 6.54. The number of fused-ring (bicyclic) bond motifs is 9. The molecule has 11 aromatic carbocycles. The molecule has 0 N–H and O–H groups in total. The highest BCUT2D eigenvalue weighted by molar-refractivity contribution is 6.15. The third-order valence-electron chi connectivity index (χ3n) is 14.7. The van der Waals surface area contributed by atoms with Crippen molar-refractivity contribution < 1.29 is 0 Å². The molecule has 73 heavy (non-hydrogen) atoms. The van der Waals surface area contributed by atoms with Crippen LogP contribution in [0.2, 0.25) is 0 Å². The average Bonchev–Trinajstić information content (AvgIpc) is 4.10. The van der Waals surface area contributed by atoms with E-state index in [1.807, 2.05) is 18.2 Å². The van der Waals surface area contributed by atoms with Gasteiger partial charge in [0, 0.05) is 32.3 Å². The lowest BCUT2D eigenvalue weighted by molar-refractivity contribution is 1.05. The molecule has 0 amide bonds. The van der Waals surface area contributed by atoms with Crippen LogP contribution in [0.5, 0.6) is 0 Å². The Morgan fingerprint density at radius 2 is 0.589 bits per heavy atom. The second-order valence-electron chi connectivity index (χ2n) is 18.6. The molecular formula is C68H41N5. The van der Waals surface area contributed by atoms with Crippen molar-refractivity contribution in [3.63, 3.8) is 0 Å². The number of nitrogens with zero attached hydrogens (tertiary/aromatic N) is 5. The van der Waals surface area contributed by atoms with Crippen molar-refractivity contribution in [2.24, 2.45) is 0 Å². The van der Waals surface area contributed by atoms with E-state index >= 15 is 0 Å². The van der Waals surface area contributed by atoms with Crippen LogP contribution in [-0.2, 0) is 0 Å². The Hall–Kier alpha value is -10.2. The first-order valence-corrected chi connectivity index (χ1v) is 24.5. The highest BCUT2D eigenvalue weighted by Gasteiger charge is 2.30. The van der Waals surface area contributed by atoms with Crippen molar-refractivity contribution in [2.75, 3.05) is 0 Å². The molecule has 0 aliphatic heterocycles.